The van der Waals surface area contributed by atoms with Gasteiger partial charge in [-0.05, 0) is 75.1 Å². The van der Waals surface area contributed by atoms with Gasteiger partial charge >= 0.3 is 0 Å². The first-order chi connectivity index (χ1) is 19.5. The van der Waals surface area contributed by atoms with Gasteiger partial charge in [-0.25, -0.2) is 4.52 Å². The van der Waals surface area contributed by atoms with Crippen LogP contribution in [0.1, 0.15) is 51.1 Å². The zero-order valence-electron chi connectivity index (χ0n) is 23.5. The summed E-state index contributed by atoms with van der Waals surface area (Å²) < 4.78 is 13.7. The maximum absolute atomic E-state index is 13.1. The van der Waals surface area contributed by atoms with Gasteiger partial charge in [0.2, 0.25) is 5.91 Å². The molecule has 3 aromatic heterocycles. The standard InChI is InChI=1S/C32H37N5O3/c1-22(24-7-10-28(39-3)11-8-24)36-20-25(18-32(36)38)23(2)40-31-17-26(21-37-30(31)13-14-34-37)29-12-9-27(19-33-29)35-15-5-4-6-16-35/h7-14,17,19,21-23,25H,4-6,15-16,18,20H2,1-3H3/t22-,23-,25-/m1/s1. The minimum Gasteiger partial charge on any atom is -0.497 e. The number of likely N-dealkylation sites (tertiary alicyclic amines) is 1. The van der Waals surface area contributed by atoms with Gasteiger partial charge in [0.05, 0.1) is 36.9 Å². The molecule has 6 rings (SSSR count). The van der Waals surface area contributed by atoms with Crippen molar-refractivity contribution in [2.45, 2.75) is 51.7 Å². The van der Waals surface area contributed by atoms with Crippen LogP contribution in [-0.4, -0.2) is 58.3 Å². The summed E-state index contributed by atoms with van der Waals surface area (Å²) in [4.78, 5) is 22.2. The fourth-order valence-corrected chi connectivity index (χ4v) is 5.93. The Kier molecular flexibility index (Phi) is 7.32. The highest BCUT2D eigenvalue weighted by atomic mass is 16.5. The minimum absolute atomic E-state index is 0.0144. The van der Waals surface area contributed by atoms with Gasteiger partial charge in [0, 0.05) is 43.7 Å². The summed E-state index contributed by atoms with van der Waals surface area (Å²) in [7, 11) is 1.66. The Morgan fingerprint density at radius 1 is 1.00 bits per heavy atom. The second kappa shape index (κ2) is 11.2. The number of carbonyl (C=O) groups is 1. The zero-order chi connectivity index (χ0) is 27.6. The van der Waals surface area contributed by atoms with Crippen LogP contribution in [-0.2, 0) is 4.79 Å². The lowest BCUT2D eigenvalue weighted by atomic mass is 10.0. The predicted octanol–water partition coefficient (Wildman–Crippen LogP) is 5.77. The summed E-state index contributed by atoms with van der Waals surface area (Å²) >= 11 is 0. The molecule has 2 saturated heterocycles. The number of amides is 1. The molecule has 0 bridgehead atoms. The molecule has 2 fully saturated rings. The van der Waals surface area contributed by atoms with Crippen LogP contribution in [0.15, 0.2) is 67.1 Å². The molecule has 8 nitrogen and oxygen atoms in total. The van der Waals surface area contributed by atoms with E-state index in [0.717, 1.165) is 46.9 Å². The molecule has 0 unspecified atom stereocenters. The molecular formula is C32H37N5O3. The van der Waals surface area contributed by atoms with E-state index in [1.54, 1.807) is 13.3 Å². The number of hydrogen-bond donors (Lipinski definition) is 0. The summed E-state index contributed by atoms with van der Waals surface area (Å²) in [5.41, 5.74) is 4.99. The number of ether oxygens (including phenoxy) is 2. The predicted molar refractivity (Wildman–Crippen MR) is 156 cm³/mol. The van der Waals surface area contributed by atoms with Gasteiger partial charge in [0.1, 0.15) is 23.1 Å². The van der Waals surface area contributed by atoms with Crippen molar-refractivity contribution in [1.82, 2.24) is 19.5 Å². The van der Waals surface area contributed by atoms with Gasteiger partial charge in [0.15, 0.2) is 0 Å². The first-order valence-corrected chi connectivity index (χ1v) is 14.3. The number of methoxy groups -OCH3 is 1. The van der Waals surface area contributed by atoms with Crippen molar-refractivity contribution in [1.29, 1.82) is 0 Å². The van der Waals surface area contributed by atoms with Gasteiger partial charge in [0.25, 0.3) is 0 Å². The molecule has 0 radical (unpaired) electrons. The molecule has 2 aliphatic heterocycles. The highest BCUT2D eigenvalue weighted by molar-refractivity contribution is 5.79. The number of hydrogen-bond acceptors (Lipinski definition) is 6. The summed E-state index contributed by atoms with van der Waals surface area (Å²) in [5.74, 6) is 1.80. The van der Waals surface area contributed by atoms with Crippen LogP contribution < -0.4 is 14.4 Å². The molecule has 1 amide bonds. The summed E-state index contributed by atoms with van der Waals surface area (Å²) in [6, 6.07) is 16.2. The maximum atomic E-state index is 13.1. The number of piperidine rings is 1. The molecule has 5 heterocycles. The Balaban J connectivity index is 1.18. The lowest BCUT2D eigenvalue weighted by molar-refractivity contribution is -0.129. The van der Waals surface area contributed by atoms with Crippen molar-refractivity contribution >= 4 is 17.1 Å². The lowest BCUT2D eigenvalue weighted by Gasteiger charge is -2.28. The fourth-order valence-electron chi connectivity index (χ4n) is 5.93. The van der Waals surface area contributed by atoms with E-state index in [-0.39, 0.29) is 24.0 Å². The van der Waals surface area contributed by atoms with Crippen LogP contribution in [0.4, 0.5) is 5.69 Å². The lowest BCUT2D eigenvalue weighted by Crippen LogP contribution is -2.31. The van der Waals surface area contributed by atoms with Crippen LogP contribution in [0.5, 0.6) is 11.5 Å². The van der Waals surface area contributed by atoms with Gasteiger partial charge in [-0.2, -0.15) is 5.10 Å². The van der Waals surface area contributed by atoms with Crippen LogP contribution in [0.25, 0.3) is 16.8 Å². The largest absolute Gasteiger partial charge is 0.497 e. The number of benzene rings is 1. The number of rotatable bonds is 8. The van der Waals surface area contributed by atoms with Crippen LogP contribution >= 0.6 is 0 Å². The first kappa shape index (κ1) is 26.2. The van der Waals surface area contributed by atoms with Gasteiger partial charge in [-0.3, -0.25) is 9.78 Å². The number of nitrogens with zero attached hydrogens (tertiary/aromatic N) is 5. The molecule has 3 atom stereocenters. The van der Waals surface area contributed by atoms with Crippen molar-refractivity contribution in [3.8, 4) is 22.8 Å². The molecule has 208 valence electrons. The number of aromatic nitrogens is 3. The van der Waals surface area contributed by atoms with E-state index in [9.17, 15) is 4.79 Å². The third kappa shape index (κ3) is 5.22. The molecule has 0 aliphatic carbocycles. The average Bonchev–Trinajstić information content (AvgIpc) is 3.64. The van der Waals surface area contributed by atoms with E-state index in [4.69, 9.17) is 14.5 Å². The molecule has 2 aliphatic rings. The molecule has 40 heavy (non-hydrogen) atoms. The van der Waals surface area contributed by atoms with Crippen molar-refractivity contribution in [2.24, 2.45) is 5.92 Å². The Bertz CT molecular complexity index is 1460. The Labute approximate surface area is 235 Å². The van der Waals surface area contributed by atoms with E-state index >= 15 is 0 Å². The third-order valence-corrected chi connectivity index (χ3v) is 8.47. The fraction of sp³-hybridized carbons (Fsp3) is 0.406. The van der Waals surface area contributed by atoms with E-state index in [2.05, 4.69) is 36.0 Å². The maximum Gasteiger partial charge on any atom is 0.223 e. The summed E-state index contributed by atoms with van der Waals surface area (Å²) in [6.45, 7) is 6.98. The number of anilines is 1. The van der Waals surface area contributed by atoms with Crippen molar-refractivity contribution in [3.05, 3.63) is 72.7 Å². The highest BCUT2D eigenvalue weighted by Crippen LogP contribution is 2.34. The Morgan fingerprint density at radius 3 is 2.52 bits per heavy atom. The summed E-state index contributed by atoms with van der Waals surface area (Å²) in [5, 5.41) is 4.48. The van der Waals surface area contributed by atoms with E-state index in [0.29, 0.717) is 13.0 Å². The molecule has 1 aromatic carbocycles. The quantitative estimate of drug-likeness (QED) is 0.283. The van der Waals surface area contributed by atoms with E-state index < -0.39 is 0 Å². The van der Waals surface area contributed by atoms with E-state index in [1.807, 2.05) is 58.2 Å². The summed E-state index contributed by atoms with van der Waals surface area (Å²) in [6.07, 6.45) is 9.84. The second-order valence-electron chi connectivity index (χ2n) is 11.0. The number of fused-ring (bicyclic) bond motifs is 1. The van der Waals surface area contributed by atoms with Gasteiger partial charge < -0.3 is 19.3 Å². The number of carbonyl (C=O) groups excluding carboxylic acids is 1. The Hall–Kier alpha value is -4.07. The monoisotopic (exact) mass is 539 g/mol. The second-order valence-corrected chi connectivity index (χ2v) is 11.0. The van der Waals surface area contributed by atoms with Gasteiger partial charge in [-0.1, -0.05) is 12.1 Å². The van der Waals surface area contributed by atoms with Crippen molar-refractivity contribution in [2.75, 3.05) is 31.6 Å². The molecule has 4 aromatic rings. The van der Waals surface area contributed by atoms with Gasteiger partial charge in [-0.15, -0.1) is 0 Å². The zero-order valence-corrected chi connectivity index (χ0v) is 23.5. The van der Waals surface area contributed by atoms with Crippen molar-refractivity contribution < 1.29 is 14.3 Å². The highest BCUT2D eigenvalue weighted by Gasteiger charge is 2.37. The van der Waals surface area contributed by atoms with Crippen molar-refractivity contribution in [3.63, 3.8) is 0 Å². The molecule has 8 heteroatoms. The number of pyridine rings is 2. The topological polar surface area (TPSA) is 72.2 Å². The minimum atomic E-state index is -0.152. The smallest absolute Gasteiger partial charge is 0.223 e. The van der Waals surface area contributed by atoms with Crippen LogP contribution in [0, 0.1) is 5.92 Å². The Morgan fingerprint density at radius 2 is 1.80 bits per heavy atom. The van der Waals surface area contributed by atoms with E-state index in [1.165, 1.54) is 24.9 Å². The molecule has 0 saturated carbocycles. The third-order valence-electron chi connectivity index (χ3n) is 8.47. The normalized spacial score (nSPS) is 19.2. The molecular weight excluding hydrogens is 502 g/mol. The first-order valence-electron chi connectivity index (χ1n) is 14.3. The molecule has 0 spiro atoms. The van der Waals surface area contributed by atoms with Crippen LogP contribution in [0.3, 0.4) is 0 Å². The average molecular weight is 540 g/mol. The molecule has 0 N–H and O–H groups in total. The van der Waals surface area contributed by atoms with Crippen LogP contribution in [0.2, 0.25) is 0 Å². The SMILES string of the molecule is COc1ccc([C@@H](C)N2C[C@H]([C@@H](C)Oc3cc(-c4ccc(N5CCCCC5)cn4)cn4nccc34)CC2=O)cc1.